The average molecular weight is 264 g/mol. The number of hydrogen-bond donors (Lipinski definition) is 2. The summed E-state index contributed by atoms with van der Waals surface area (Å²) < 4.78 is 5.53. The molecule has 6 heteroatoms. The van der Waals surface area contributed by atoms with Crippen molar-refractivity contribution >= 4 is 5.91 Å². The Morgan fingerprint density at radius 3 is 2.89 bits per heavy atom. The van der Waals surface area contributed by atoms with Crippen molar-refractivity contribution in [3.8, 4) is 0 Å². The summed E-state index contributed by atoms with van der Waals surface area (Å²) in [5, 5.41) is 10.8. The van der Waals surface area contributed by atoms with Gasteiger partial charge in [-0.05, 0) is 33.3 Å². The van der Waals surface area contributed by atoms with Gasteiger partial charge in [-0.3, -0.25) is 4.79 Å². The zero-order chi connectivity index (χ0) is 14.0. The molecular formula is C13H20N4O2. The average Bonchev–Trinajstić information content (AvgIpc) is 2.38. The number of hydrogen-bond acceptors (Lipinski definition) is 5. The minimum absolute atomic E-state index is 0.0140. The van der Waals surface area contributed by atoms with E-state index in [2.05, 4.69) is 15.5 Å². The molecule has 3 unspecified atom stereocenters. The summed E-state index contributed by atoms with van der Waals surface area (Å²) in [6.45, 7) is 6.13. The van der Waals surface area contributed by atoms with Gasteiger partial charge in [-0.1, -0.05) is 0 Å². The molecule has 0 spiro atoms. The normalized spacial score (nSPS) is 25.8. The van der Waals surface area contributed by atoms with Crippen molar-refractivity contribution in [3.05, 3.63) is 23.0 Å². The highest BCUT2D eigenvalue weighted by Crippen LogP contribution is 2.23. The van der Waals surface area contributed by atoms with Crippen molar-refractivity contribution in [2.24, 2.45) is 5.73 Å². The van der Waals surface area contributed by atoms with Crippen molar-refractivity contribution < 1.29 is 9.53 Å². The maximum atomic E-state index is 12.2. The number of amides is 1. The second kappa shape index (κ2) is 5.63. The summed E-state index contributed by atoms with van der Waals surface area (Å²) in [4.78, 5) is 12.2. The third kappa shape index (κ3) is 2.90. The molecule has 1 heterocycles. The van der Waals surface area contributed by atoms with E-state index in [9.17, 15) is 4.79 Å². The van der Waals surface area contributed by atoms with Gasteiger partial charge in [0.05, 0.1) is 29.1 Å². The molecule has 2 rings (SSSR count). The first-order valence-electron chi connectivity index (χ1n) is 6.52. The van der Waals surface area contributed by atoms with Gasteiger partial charge in [0.15, 0.2) is 0 Å². The maximum Gasteiger partial charge on any atom is 0.253 e. The highest BCUT2D eigenvalue weighted by atomic mass is 16.5. The van der Waals surface area contributed by atoms with Gasteiger partial charge in [0.2, 0.25) is 0 Å². The van der Waals surface area contributed by atoms with Crippen molar-refractivity contribution in [1.82, 2.24) is 15.5 Å². The van der Waals surface area contributed by atoms with Crippen LogP contribution in [0.2, 0.25) is 0 Å². The van der Waals surface area contributed by atoms with Crippen molar-refractivity contribution in [2.75, 3.05) is 6.61 Å². The number of nitrogens with zero attached hydrogens (tertiary/aromatic N) is 2. The van der Waals surface area contributed by atoms with E-state index < -0.39 is 0 Å². The van der Waals surface area contributed by atoms with Gasteiger partial charge in [-0.2, -0.15) is 10.2 Å². The van der Waals surface area contributed by atoms with Gasteiger partial charge in [-0.15, -0.1) is 0 Å². The van der Waals surface area contributed by atoms with Gasteiger partial charge in [0.1, 0.15) is 0 Å². The molecule has 0 bridgehead atoms. The van der Waals surface area contributed by atoms with Crippen LogP contribution in [0, 0.1) is 13.8 Å². The number of aryl methyl sites for hydroxylation is 2. The molecule has 1 aliphatic carbocycles. The second-order valence-corrected chi connectivity index (χ2v) is 4.88. The number of carbonyl (C=O) groups excluding carboxylic acids is 1. The minimum atomic E-state index is -0.166. The standard InChI is InChI=1S/C13H20N4O2/c1-4-19-11-6-10(14)12(11)15-13(18)9-5-7(2)16-17-8(9)3/h5,10-12H,4,6,14H2,1-3H3,(H,15,18). The van der Waals surface area contributed by atoms with Gasteiger partial charge in [0.25, 0.3) is 5.91 Å². The number of nitrogens with two attached hydrogens (primary N) is 1. The van der Waals surface area contributed by atoms with Crippen LogP contribution in [0.4, 0.5) is 0 Å². The maximum absolute atomic E-state index is 12.2. The van der Waals surface area contributed by atoms with Crippen LogP contribution >= 0.6 is 0 Å². The molecule has 0 aromatic carbocycles. The molecule has 1 saturated carbocycles. The zero-order valence-electron chi connectivity index (χ0n) is 11.5. The summed E-state index contributed by atoms with van der Waals surface area (Å²) in [7, 11) is 0. The van der Waals surface area contributed by atoms with E-state index in [-0.39, 0.29) is 24.1 Å². The molecule has 19 heavy (non-hydrogen) atoms. The van der Waals surface area contributed by atoms with E-state index in [1.807, 2.05) is 6.92 Å². The molecule has 0 radical (unpaired) electrons. The van der Waals surface area contributed by atoms with Crippen LogP contribution in [0.5, 0.6) is 0 Å². The van der Waals surface area contributed by atoms with Gasteiger partial charge < -0.3 is 15.8 Å². The van der Waals surface area contributed by atoms with E-state index in [4.69, 9.17) is 10.5 Å². The molecule has 6 nitrogen and oxygen atoms in total. The first-order valence-corrected chi connectivity index (χ1v) is 6.52. The SMILES string of the molecule is CCOC1CC(N)C1NC(=O)c1cc(C)nnc1C. The molecule has 3 N–H and O–H groups in total. The molecule has 1 aromatic rings. The monoisotopic (exact) mass is 264 g/mol. The van der Waals surface area contributed by atoms with Crippen LogP contribution in [0.25, 0.3) is 0 Å². The zero-order valence-corrected chi connectivity index (χ0v) is 11.5. The molecule has 104 valence electrons. The van der Waals surface area contributed by atoms with Crippen LogP contribution in [0.15, 0.2) is 6.07 Å². The Morgan fingerprint density at radius 1 is 1.53 bits per heavy atom. The lowest BCUT2D eigenvalue weighted by Crippen LogP contribution is -2.64. The quantitative estimate of drug-likeness (QED) is 0.817. The van der Waals surface area contributed by atoms with E-state index in [1.54, 1.807) is 19.9 Å². The van der Waals surface area contributed by atoms with Crippen LogP contribution in [0.3, 0.4) is 0 Å². The fourth-order valence-corrected chi connectivity index (χ4v) is 2.24. The summed E-state index contributed by atoms with van der Waals surface area (Å²) in [6, 6.07) is 1.56. The molecule has 3 atom stereocenters. The number of nitrogens with one attached hydrogen (secondary N) is 1. The second-order valence-electron chi connectivity index (χ2n) is 4.88. The topological polar surface area (TPSA) is 90.1 Å². The summed E-state index contributed by atoms with van der Waals surface area (Å²) in [6.07, 6.45) is 0.797. The smallest absolute Gasteiger partial charge is 0.253 e. The third-order valence-electron chi connectivity index (χ3n) is 3.39. The van der Waals surface area contributed by atoms with Gasteiger partial charge in [0, 0.05) is 12.6 Å². The van der Waals surface area contributed by atoms with Crippen molar-refractivity contribution in [1.29, 1.82) is 0 Å². The fraction of sp³-hybridized carbons (Fsp3) is 0.615. The molecular weight excluding hydrogens is 244 g/mol. The number of rotatable bonds is 4. The van der Waals surface area contributed by atoms with Crippen molar-refractivity contribution in [2.45, 2.75) is 45.4 Å². The number of carbonyl (C=O) groups is 1. The Balaban J connectivity index is 2.06. The van der Waals surface area contributed by atoms with Crippen LogP contribution < -0.4 is 11.1 Å². The Labute approximate surface area is 112 Å². The molecule has 1 aromatic heterocycles. The highest BCUT2D eigenvalue weighted by Gasteiger charge is 2.40. The summed E-state index contributed by atoms with van der Waals surface area (Å²) in [5.74, 6) is -0.166. The largest absolute Gasteiger partial charge is 0.376 e. The third-order valence-corrected chi connectivity index (χ3v) is 3.39. The summed E-state index contributed by atoms with van der Waals surface area (Å²) in [5.41, 5.74) is 7.79. The van der Waals surface area contributed by atoms with E-state index >= 15 is 0 Å². The predicted octanol–water partition coefficient (Wildman–Crippen LogP) is 0.328. The molecule has 1 amide bonds. The predicted molar refractivity (Wildman–Crippen MR) is 70.8 cm³/mol. The molecule has 0 saturated heterocycles. The molecule has 1 fully saturated rings. The van der Waals surface area contributed by atoms with Crippen LogP contribution in [0.1, 0.15) is 35.1 Å². The Morgan fingerprint density at radius 2 is 2.26 bits per heavy atom. The molecule has 1 aliphatic rings. The summed E-state index contributed by atoms with van der Waals surface area (Å²) >= 11 is 0. The lowest BCUT2D eigenvalue weighted by Gasteiger charge is -2.42. The fourth-order valence-electron chi connectivity index (χ4n) is 2.24. The van der Waals surface area contributed by atoms with Crippen LogP contribution in [-0.2, 0) is 4.74 Å². The Hall–Kier alpha value is -1.53. The first kappa shape index (κ1) is 13.9. The Kier molecular flexibility index (Phi) is 4.11. The van der Waals surface area contributed by atoms with E-state index in [0.717, 1.165) is 12.1 Å². The van der Waals surface area contributed by atoms with Gasteiger partial charge in [-0.25, -0.2) is 0 Å². The lowest BCUT2D eigenvalue weighted by atomic mass is 9.83. The molecule has 0 aliphatic heterocycles. The van der Waals surface area contributed by atoms with Gasteiger partial charge >= 0.3 is 0 Å². The lowest BCUT2D eigenvalue weighted by molar-refractivity contribution is -0.0300. The number of ether oxygens (including phenoxy) is 1. The van der Waals surface area contributed by atoms with E-state index in [0.29, 0.717) is 17.9 Å². The van der Waals surface area contributed by atoms with E-state index in [1.165, 1.54) is 0 Å². The first-order chi connectivity index (χ1) is 9.02. The highest BCUT2D eigenvalue weighted by molar-refractivity contribution is 5.95. The minimum Gasteiger partial charge on any atom is -0.376 e. The van der Waals surface area contributed by atoms with Crippen LogP contribution in [-0.4, -0.2) is 40.9 Å². The Bertz CT molecular complexity index is 476. The van der Waals surface area contributed by atoms with Crippen molar-refractivity contribution in [3.63, 3.8) is 0 Å². The number of aromatic nitrogens is 2.